The third kappa shape index (κ3) is 3.60. The number of rotatable bonds is 8. The average molecular weight is 278 g/mol. The van der Waals surface area contributed by atoms with Gasteiger partial charge in [0.1, 0.15) is 17.5 Å². The normalized spacial score (nSPS) is 16.0. The molecule has 1 aliphatic carbocycles. The first kappa shape index (κ1) is 15.0. The maximum absolute atomic E-state index is 9.12. The minimum Gasteiger partial charge on any atom is -0.396 e. The largest absolute Gasteiger partial charge is 0.396 e. The summed E-state index contributed by atoms with van der Waals surface area (Å²) in [5.74, 6) is 3.34. The molecular formula is C15H26N4O. The number of aliphatic hydroxyl groups is 1. The molecule has 0 bridgehead atoms. The topological polar surface area (TPSA) is 70.1 Å². The zero-order chi connectivity index (χ0) is 14.5. The minimum absolute atomic E-state index is 0.200. The summed E-state index contributed by atoms with van der Waals surface area (Å²) in [6.07, 6.45) is 4.11. The minimum atomic E-state index is 0.200. The van der Waals surface area contributed by atoms with Gasteiger partial charge in [0.25, 0.3) is 0 Å². The highest BCUT2D eigenvalue weighted by molar-refractivity contribution is 5.58. The molecule has 0 aliphatic heterocycles. The first-order valence-corrected chi connectivity index (χ1v) is 7.69. The van der Waals surface area contributed by atoms with Gasteiger partial charge in [-0.25, -0.2) is 9.97 Å². The second-order valence-electron chi connectivity index (χ2n) is 5.47. The van der Waals surface area contributed by atoms with E-state index in [-0.39, 0.29) is 12.6 Å². The maximum atomic E-state index is 9.12. The molecule has 0 saturated heterocycles. The van der Waals surface area contributed by atoms with Crippen LogP contribution in [0.5, 0.6) is 0 Å². The Bertz CT molecular complexity index is 446. The molecule has 0 amide bonds. The molecule has 1 aromatic rings. The summed E-state index contributed by atoms with van der Waals surface area (Å²) in [4.78, 5) is 9.36. The molecular weight excluding hydrogens is 252 g/mol. The van der Waals surface area contributed by atoms with E-state index in [0.29, 0.717) is 5.92 Å². The number of nitrogens with zero attached hydrogens (tertiary/aromatic N) is 2. The van der Waals surface area contributed by atoms with Crippen molar-refractivity contribution < 1.29 is 5.11 Å². The number of nitrogens with one attached hydrogen (secondary N) is 2. The third-order valence-electron chi connectivity index (χ3n) is 3.76. The number of aromatic nitrogens is 2. The number of aliphatic hydroxyl groups excluding tert-OH is 1. The van der Waals surface area contributed by atoms with Gasteiger partial charge in [-0.3, -0.25) is 0 Å². The second-order valence-corrected chi connectivity index (χ2v) is 5.47. The molecule has 5 heteroatoms. The third-order valence-corrected chi connectivity index (χ3v) is 3.76. The molecule has 112 valence electrons. The molecule has 1 unspecified atom stereocenters. The van der Waals surface area contributed by atoms with Gasteiger partial charge >= 0.3 is 0 Å². The molecule has 1 fully saturated rings. The van der Waals surface area contributed by atoms with E-state index in [0.717, 1.165) is 42.4 Å². The molecule has 2 rings (SSSR count). The first-order chi connectivity index (χ1) is 9.69. The van der Waals surface area contributed by atoms with E-state index in [1.165, 1.54) is 12.8 Å². The molecule has 1 heterocycles. The highest BCUT2D eigenvalue weighted by Gasteiger charge is 2.28. The summed E-state index contributed by atoms with van der Waals surface area (Å²) in [6, 6.07) is 0.259. The summed E-state index contributed by atoms with van der Waals surface area (Å²) < 4.78 is 0. The summed E-state index contributed by atoms with van der Waals surface area (Å²) in [7, 11) is 0. The van der Waals surface area contributed by atoms with Crippen LogP contribution >= 0.6 is 0 Å². The zero-order valence-corrected chi connectivity index (χ0v) is 12.7. The predicted molar refractivity (Wildman–Crippen MR) is 82.3 cm³/mol. The number of hydrogen-bond acceptors (Lipinski definition) is 5. The van der Waals surface area contributed by atoms with Gasteiger partial charge in [-0.1, -0.05) is 6.92 Å². The van der Waals surface area contributed by atoms with Gasteiger partial charge in [-0.2, -0.15) is 0 Å². The summed E-state index contributed by atoms with van der Waals surface area (Å²) in [6.45, 7) is 7.30. The van der Waals surface area contributed by atoms with E-state index in [9.17, 15) is 0 Å². The van der Waals surface area contributed by atoms with Crippen LogP contribution in [0.4, 0.5) is 11.6 Å². The van der Waals surface area contributed by atoms with Crippen LogP contribution in [0, 0.1) is 6.92 Å². The van der Waals surface area contributed by atoms with Gasteiger partial charge < -0.3 is 15.7 Å². The Morgan fingerprint density at radius 2 is 1.95 bits per heavy atom. The Kier molecular flexibility index (Phi) is 5.17. The Morgan fingerprint density at radius 1 is 1.25 bits per heavy atom. The lowest BCUT2D eigenvalue weighted by atomic mass is 10.1. The van der Waals surface area contributed by atoms with E-state index in [2.05, 4.69) is 29.5 Å². The molecule has 1 atom stereocenters. The predicted octanol–water partition coefficient (Wildman–Crippen LogP) is 2.67. The fourth-order valence-electron chi connectivity index (χ4n) is 2.27. The van der Waals surface area contributed by atoms with Gasteiger partial charge in [-0.15, -0.1) is 0 Å². The fraction of sp³-hybridized carbons (Fsp3) is 0.733. The highest BCUT2D eigenvalue weighted by atomic mass is 16.3. The highest BCUT2D eigenvalue weighted by Crippen LogP contribution is 2.39. The molecule has 0 spiro atoms. The van der Waals surface area contributed by atoms with Crippen molar-refractivity contribution >= 4 is 11.6 Å². The van der Waals surface area contributed by atoms with Crippen molar-refractivity contribution in [2.24, 2.45) is 0 Å². The molecule has 3 N–H and O–H groups in total. The maximum Gasteiger partial charge on any atom is 0.136 e. The molecule has 1 aliphatic rings. The summed E-state index contributed by atoms with van der Waals surface area (Å²) in [5, 5.41) is 15.9. The van der Waals surface area contributed by atoms with Gasteiger partial charge in [0, 0.05) is 30.7 Å². The van der Waals surface area contributed by atoms with Crippen molar-refractivity contribution in [3.63, 3.8) is 0 Å². The van der Waals surface area contributed by atoms with Gasteiger partial charge in [-0.05, 0) is 39.5 Å². The van der Waals surface area contributed by atoms with Crippen molar-refractivity contribution in [3.05, 3.63) is 11.4 Å². The van der Waals surface area contributed by atoms with Crippen molar-refractivity contribution in [2.45, 2.75) is 58.4 Å². The van der Waals surface area contributed by atoms with E-state index in [4.69, 9.17) is 10.1 Å². The Hall–Kier alpha value is -1.36. The second kappa shape index (κ2) is 6.88. The average Bonchev–Trinajstić information content (AvgIpc) is 3.27. The zero-order valence-electron chi connectivity index (χ0n) is 12.7. The van der Waals surface area contributed by atoms with Crippen LogP contribution in [0.15, 0.2) is 0 Å². The quantitative estimate of drug-likeness (QED) is 0.682. The molecule has 0 aromatic carbocycles. The van der Waals surface area contributed by atoms with Gasteiger partial charge in [0.15, 0.2) is 0 Å². The first-order valence-electron chi connectivity index (χ1n) is 7.69. The Labute approximate surface area is 121 Å². The SMILES string of the molecule is CCNc1nc(C2CC2)nc(NC(CC)CCO)c1C. The monoisotopic (exact) mass is 278 g/mol. The smallest absolute Gasteiger partial charge is 0.136 e. The van der Waals surface area contributed by atoms with Crippen LogP contribution in [0.25, 0.3) is 0 Å². The van der Waals surface area contributed by atoms with Crippen molar-refractivity contribution in [2.75, 3.05) is 23.8 Å². The van der Waals surface area contributed by atoms with Crippen molar-refractivity contribution in [1.29, 1.82) is 0 Å². The molecule has 1 aromatic heterocycles. The van der Waals surface area contributed by atoms with Gasteiger partial charge in [0.05, 0.1) is 0 Å². The van der Waals surface area contributed by atoms with Crippen molar-refractivity contribution in [1.82, 2.24) is 9.97 Å². The van der Waals surface area contributed by atoms with Gasteiger partial charge in [0.2, 0.25) is 0 Å². The van der Waals surface area contributed by atoms with Crippen molar-refractivity contribution in [3.8, 4) is 0 Å². The van der Waals surface area contributed by atoms with Crippen LogP contribution in [0.2, 0.25) is 0 Å². The molecule has 1 saturated carbocycles. The Balaban J connectivity index is 2.24. The lowest BCUT2D eigenvalue weighted by Gasteiger charge is -2.20. The van der Waals surface area contributed by atoms with E-state index in [1.807, 2.05) is 6.92 Å². The standard InChI is InChI=1S/C15H26N4O/c1-4-12(8-9-20)17-14-10(3)13(16-5-2)18-15(19-14)11-6-7-11/h11-12,20H,4-9H2,1-3H3,(H2,16,17,18,19). The van der Waals surface area contributed by atoms with Crippen LogP contribution in [0.1, 0.15) is 56.8 Å². The molecule has 20 heavy (non-hydrogen) atoms. The fourth-order valence-corrected chi connectivity index (χ4v) is 2.27. The van der Waals surface area contributed by atoms with E-state index in [1.54, 1.807) is 0 Å². The number of hydrogen-bond donors (Lipinski definition) is 3. The van der Waals surface area contributed by atoms with Crippen LogP contribution in [-0.2, 0) is 0 Å². The number of anilines is 2. The van der Waals surface area contributed by atoms with E-state index >= 15 is 0 Å². The van der Waals surface area contributed by atoms with E-state index < -0.39 is 0 Å². The molecule has 0 radical (unpaired) electrons. The van der Waals surface area contributed by atoms with Crippen LogP contribution in [0.3, 0.4) is 0 Å². The lowest BCUT2D eigenvalue weighted by molar-refractivity contribution is 0.278. The van der Waals surface area contributed by atoms with Crippen LogP contribution in [-0.4, -0.2) is 34.3 Å². The summed E-state index contributed by atoms with van der Waals surface area (Å²) >= 11 is 0. The van der Waals surface area contributed by atoms with Crippen LogP contribution < -0.4 is 10.6 Å². The lowest BCUT2D eigenvalue weighted by Crippen LogP contribution is -2.22. The summed E-state index contributed by atoms with van der Waals surface area (Å²) in [5.41, 5.74) is 1.06. The molecule has 5 nitrogen and oxygen atoms in total. The Morgan fingerprint density at radius 3 is 2.50 bits per heavy atom.